The van der Waals surface area contributed by atoms with Gasteiger partial charge in [0.25, 0.3) is 5.69 Å². The molecule has 2 rings (SSSR count). The van der Waals surface area contributed by atoms with Crippen molar-refractivity contribution in [3.63, 3.8) is 0 Å². The van der Waals surface area contributed by atoms with Gasteiger partial charge in [0, 0.05) is 36.3 Å². The van der Waals surface area contributed by atoms with E-state index in [0.29, 0.717) is 17.8 Å². The average molecular weight is 300 g/mol. The molecule has 2 aromatic rings. The Balaban J connectivity index is 1.95. The Bertz CT molecular complexity index is 716. The Morgan fingerprint density at radius 2 is 2.05 bits per heavy atom. The molecule has 7 heteroatoms. The molecular weight excluding hydrogens is 284 g/mol. The lowest BCUT2D eigenvalue weighted by molar-refractivity contribution is -0.385. The second-order valence-electron chi connectivity index (χ2n) is 4.94. The highest BCUT2D eigenvalue weighted by atomic mass is 16.6. The van der Waals surface area contributed by atoms with E-state index in [1.54, 1.807) is 25.4 Å². The van der Waals surface area contributed by atoms with Crippen molar-refractivity contribution < 1.29 is 9.72 Å². The minimum absolute atomic E-state index is 0.0248. The first kappa shape index (κ1) is 15.4. The third-order valence-corrected chi connectivity index (χ3v) is 3.04. The lowest BCUT2D eigenvalue weighted by Gasteiger charge is -2.08. The van der Waals surface area contributed by atoms with E-state index >= 15 is 0 Å². The summed E-state index contributed by atoms with van der Waals surface area (Å²) < 4.78 is 0. The van der Waals surface area contributed by atoms with Crippen molar-refractivity contribution in [3.05, 3.63) is 63.5 Å². The van der Waals surface area contributed by atoms with Crippen LogP contribution in [0.25, 0.3) is 0 Å². The summed E-state index contributed by atoms with van der Waals surface area (Å²) in [5.74, 6) is 0. The van der Waals surface area contributed by atoms with Crippen molar-refractivity contribution in [2.24, 2.45) is 0 Å². The zero-order valence-electron chi connectivity index (χ0n) is 12.3. The van der Waals surface area contributed by atoms with E-state index in [9.17, 15) is 14.9 Å². The van der Waals surface area contributed by atoms with E-state index in [1.165, 1.54) is 12.1 Å². The number of nitrogens with one attached hydrogen (secondary N) is 2. The minimum atomic E-state index is -0.454. The summed E-state index contributed by atoms with van der Waals surface area (Å²) in [6.07, 6.45) is 3.42. The van der Waals surface area contributed by atoms with Crippen LogP contribution < -0.4 is 10.6 Å². The van der Waals surface area contributed by atoms with Crippen molar-refractivity contribution >= 4 is 17.4 Å². The number of amides is 2. The number of nitrogens with zero attached hydrogens (tertiary/aromatic N) is 2. The number of hydrogen-bond acceptors (Lipinski definition) is 4. The van der Waals surface area contributed by atoms with Gasteiger partial charge in [0.05, 0.1) is 4.92 Å². The molecule has 0 unspecified atom stereocenters. The normalized spacial score (nSPS) is 10.1. The van der Waals surface area contributed by atoms with Gasteiger partial charge in [-0.15, -0.1) is 0 Å². The maximum Gasteiger partial charge on any atom is 0.319 e. The lowest BCUT2D eigenvalue weighted by atomic mass is 10.2. The van der Waals surface area contributed by atoms with E-state index in [-0.39, 0.29) is 11.7 Å². The molecule has 114 valence electrons. The topological polar surface area (TPSA) is 97.2 Å². The molecule has 0 atom stereocenters. The first-order chi connectivity index (χ1) is 10.5. The number of nitro benzene ring substituents is 1. The molecule has 0 fully saturated rings. The monoisotopic (exact) mass is 300 g/mol. The Kier molecular flexibility index (Phi) is 4.67. The second-order valence-corrected chi connectivity index (χ2v) is 4.94. The van der Waals surface area contributed by atoms with Gasteiger partial charge in [-0.2, -0.15) is 0 Å². The van der Waals surface area contributed by atoms with Gasteiger partial charge in [0.2, 0.25) is 0 Å². The summed E-state index contributed by atoms with van der Waals surface area (Å²) in [6, 6.07) is 5.98. The maximum atomic E-state index is 11.8. The molecule has 1 aromatic carbocycles. The summed E-state index contributed by atoms with van der Waals surface area (Å²) in [5, 5.41) is 16.1. The molecule has 0 spiro atoms. The van der Waals surface area contributed by atoms with Gasteiger partial charge >= 0.3 is 6.03 Å². The molecule has 1 aromatic heterocycles. The third-order valence-electron chi connectivity index (χ3n) is 3.04. The number of carbonyl (C=O) groups excluding carboxylic acids is 1. The molecule has 1 heterocycles. The summed E-state index contributed by atoms with van der Waals surface area (Å²) in [6.45, 7) is 3.91. The van der Waals surface area contributed by atoms with Crippen LogP contribution >= 0.6 is 0 Å². The van der Waals surface area contributed by atoms with E-state index in [0.717, 1.165) is 11.1 Å². The van der Waals surface area contributed by atoms with Gasteiger partial charge in [0.15, 0.2) is 0 Å². The number of carbonyl (C=O) groups is 1. The molecule has 2 amide bonds. The number of aromatic nitrogens is 1. The van der Waals surface area contributed by atoms with E-state index in [2.05, 4.69) is 15.6 Å². The van der Waals surface area contributed by atoms with Crippen LogP contribution in [-0.4, -0.2) is 15.9 Å². The van der Waals surface area contributed by atoms with Gasteiger partial charge < -0.3 is 10.6 Å². The van der Waals surface area contributed by atoms with Gasteiger partial charge in [-0.1, -0.05) is 6.07 Å². The van der Waals surface area contributed by atoms with Crippen LogP contribution in [0.1, 0.15) is 16.7 Å². The average Bonchev–Trinajstić information content (AvgIpc) is 2.45. The molecular formula is C15H16N4O3. The molecule has 2 N–H and O–H groups in total. The van der Waals surface area contributed by atoms with Crippen molar-refractivity contribution in [2.45, 2.75) is 20.4 Å². The van der Waals surface area contributed by atoms with Gasteiger partial charge in [-0.25, -0.2) is 4.79 Å². The molecule has 0 aliphatic heterocycles. The Hall–Kier alpha value is -2.96. The molecule has 0 aliphatic carbocycles. The van der Waals surface area contributed by atoms with Gasteiger partial charge in [0.1, 0.15) is 0 Å². The fraction of sp³-hybridized carbons (Fsp3) is 0.200. The van der Waals surface area contributed by atoms with Crippen LogP contribution in [-0.2, 0) is 6.54 Å². The van der Waals surface area contributed by atoms with E-state index < -0.39 is 4.92 Å². The molecule has 0 radical (unpaired) electrons. The van der Waals surface area contributed by atoms with Crippen LogP contribution in [0.3, 0.4) is 0 Å². The number of hydrogen-bond donors (Lipinski definition) is 2. The maximum absolute atomic E-state index is 11.8. The van der Waals surface area contributed by atoms with Crippen LogP contribution in [0.5, 0.6) is 0 Å². The lowest BCUT2D eigenvalue weighted by Crippen LogP contribution is -2.28. The molecule has 0 saturated heterocycles. The number of rotatable bonds is 4. The molecule has 0 saturated carbocycles. The number of pyridine rings is 1. The molecule has 7 nitrogen and oxygen atoms in total. The first-order valence-electron chi connectivity index (χ1n) is 6.66. The highest BCUT2D eigenvalue weighted by molar-refractivity contribution is 5.89. The second kappa shape index (κ2) is 6.66. The molecule has 0 aliphatic rings. The smallest absolute Gasteiger partial charge is 0.319 e. The predicted molar refractivity (Wildman–Crippen MR) is 82.7 cm³/mol. The van der Waals surface area contributed by atoms with Crippen molar-refractivity contribution in [3.8, 4) is 0 Å². The largest absolute Gasteiger partial charge is 0.334 e. The summed E-state index contributed by atoms with van der Waals surface area (Å²) in [5.41, 5.74) is 2.94. The van der Waals surface area contributed by atoms with Crippen LogP contribution in [0.4, 0.5) is 16.2 Å². The number of benzene rings is 1. The zero-order chi connectivity index (χ0) is 16.1. The Morgan fingerprint density at radius 3 is 2.68 bits per heavy atom. The fourth-order valence-corrected chi connectivity index (χ4v) is 2.01. The standard InChI is InChI=1S/C15H16N4O3/c1-10-5-12(8-16-7-10)9-17-15(20)18-13-3-4-14(19(21)22)11(2)6-13/h3-8H,9H2,1-2H3,(H2,17,18,20). The first-order valence-corrected chi connectivity index (χ1v) is 6.66. The quantitative estimate of drug-likeness (QED) is 0.670. The number of urea groups is 1. The van der Waals surface area contributed by atoms with Gasteiger partial charge in [-0.3, -0.25) is 15.1 Å². The number of nitro groups is 1. The molecule has 0 bridgehead atoms. The van der Waals surface area contributed by atoms with Crippen LogP contribution in [0, 0.1) is 24.0 Å². The highest BCUT2D eigenvalue weighted by Gasteiger charge is 2.11. The van der Waals surface area contributed by atoms with Gasteiger partial charge in [-0.05, 0) is 37.1 Å². The predicted octanol–water partition coefficient (Wildman–Crippen LogP) is 2.93. The van der Waals surface area contributed by atoms with E-state index in [1.807, 2.05) is 13.0 Å². The summed E-state index contributed by atoms with van der Waals surface area (Å²) in [4.78, 5) is 26.2. The number of aryl methyl sites for hydroxylation is 2. The zero-order valence-corrected chi connectivity index (χ0v) is 12.3. The Labute approximate surface area is 127 Å². The fourth-order valence-electron chi connectivity index (χ4n) is 2.01. The summed E-state index contributed by atoms with van der Waals surface area (Å²) in [7, 11) is 0. The highest BCUT2D eigenvalue weighted by Crippen LogP contribution is 2.21. The van der Waals surface area contributed by atoms with Crippen LogP contribution in [0.15, 0.2) is 36.7 Å². The van der Waals surface area contributed by atoms with Crippen molar-refractivity contribution in [1.82, 2.24) is 10.3 Å². The Morgan fingerprint density at radius 1 is 1.27 bits per heavy atom. The SMILES string of the molecule is Cc1cncc(CNC(=O)Nc2ccc([N+](=O)[O-])c(C)c2)c1. The minimum Gasteiger partial charge on any atom is -0.334 e. The molecule has 22 heavy (non-hydrogen) atoms. The third kappa shape index (κ3) is 4.02. The van der Waals surface area contributed by atoms with Crippen molar-refractivity contribution in [2.75, 3.05) is 5.32 Å². The summed E-state index contributed by atoms with van der Waals surface area (Å²) >= 11 is 0. The number of anilines is 1. The van der Waals surface area contributed by atoms with E-state index in [4.69, 9.17) is 0 Å². The van der Waals surface area contributed by atoms with Crippen LogP contribution in [0.2, 0.25) is 0 Å². The van der Waals surface area contributed by atoms with Crippen molar-refractivity contribution in [1.29, 1.82) is 0 Å².